The molecular weight excluding hydrogens is 212 g/mol. The quantitative estimate of drug-likeness (QED) is 0.746. The van der Waals surface area contributed by atoms with Crippen molar-refractivity contribution < 1.29 is 5.11 Å². The van der Waals surface area contributed by atoms with E-state index in [-0.39, 0.29) is 11.6 Å². The number of hydrogen-bond donors (Lipinski definition) is 1. The van der Waals surface area contributed by atoms with Gasteiger partial charge in [-0.1, -0.05) is 33.1 Å². The van der Waals surface area contributed by atoms with Gasteiger partial charge in [0.25, 0.3) is 0 Å². The molecule has 1 rings (SSSR count). The molecule has 1 unspecified atom stereocenters. The maximum atomic E-state index is 10.7. The van der Waals surface area contributed by atoms with Crippen LogP contribution in [0.1, 0.15) is 66.7 Å². The fourth-order valence-corrected chi connectivity index (χ4v) is 2.56. The lowest BCUT2D eigenvalue weighted by molar-refractivity contribution is -0.0333. The summed E-state index contributed by atoms with van der Waals surface area (Å²) in [7, 11) is 0. The van der Waals surface area contributed by atoms with E-state index in [1.807, 2.05) is 20.8 Å². The molecule has 0 saturated heterocycles. The minimum absolute atomic E-state index is 0.0537. The summed E-state index contributed by atoms with van der Waals surface area (Å²) < 4.78 is 0. The summed E-state index contributed by atoms with van der Waals surface area (Å²) in [6.45, 7) is 10.4. The fraction of sp³-hybridized carbons (Fsp3) is 1.00. The molecule has 0 aromatic carbocycles. The van der Waals surface area contributed by atoms with E-state index in [1.165, 1.54) is 6.42 Å². The fourth-order valence-electron chi connectivity index (χ4n) is 2.56. The number of azo groups is 1. The van der Waals surface area contributed by atoms with E-state index in [4.69, 9.17) is 0 Å². The molecular formula is C14H28N2O. The van der Waals surface area contributed by atoms with Crippen LogP contribution in [0.5, 0.6) is 0 Å². The molecule has 3 heteroatoms. The van der Waals surface area contributed by atoms with E-state index in [0.717, 1.165) is 25.7 Å². The average molecular weight is 240 g/mol. The predicted octanol–water partition coefficient (Wildman–Crippen LogP) is 3.96. The Morgan fingerprint density at radius 2 is 1.59 bits per heavy atom. The number of hydrogen-bond acceptors (Lipinski definition) is 3. The average Bonchev–Trinajstić information content (AvgIpc) is 2.15. The highest BCUT2D eigenvalue weighted by atomic mass is 16.3. The Kier molecular flexibility index (Phi) is 4.70. The predicted molar refractivity (Wildman–Crippen MR) is 71.3 cm³/mol. The van der Waals surface area contributed by atoms with Gasteiger partial charge in [0.1, 0.15) is 6.04 Å². The minimum Gasteiger partial charge on any atom is -0.388 e. The van der Waals surface area contributed by atoms with Crippen molar-refractivity contribution in [1.82, 2.24) is 0 Å². The minimum atomic E-state index is -0.624. The molecule has 0 radical (unpaired) electrons. The summed E-state index contributed by atoms with van der Waals surface area (Å²) in [6.07, 6.45) is 5.22. The summed E-state index contributed by atoms with van der Waals surface area (Å²) in [4.78, 5) is 0. The molecule has 1 saturated carbocycles. The van der Waals surface area contributed by atoms with Gasteiger partial charge in [0.2, 0.25) is 0 Å². The molecule has 0 aliphatic heterocycles. The van der Waals surface area contributed by atoms with Crippen LogP contribution < -0.4 is 0 Å². The third-order valence-electron chi connectivity index (χ3n) is 3.38. The largest absolute Gasteiger partial charge is 0.388 e. The molecule has 1 atom stereocenters. The Morgan fingerprint density at radius 3 is 2.00 bits per heavy atom. The van der Waals surface area contributed by atoms with Gasteiger partial charge in [-0.15, -0.1) is 0 Å². The van der Waals surface area contributed by atoms with Gasteiger partial charge < -0.3 is 5.11 Å². The Balaban J connectivity index is 2.81. The van der Waals surface area contributed by atoms with Crippen LogP contribution in [-0.4, -0.2) is 22.3 Å². The Morgan fingerprint density at radius 1 is 1.06 bits per heavy atom. The molecule has 0 spiro atoms. The van der Waals surface area contributed by atoms with Crippen molar-refractivity contribution in [3.8, 4) is 0 Å². The first kappa shape index (κ1) is 14.6. The molecule has 0 bridgehead atoms. The van der Waals surface area contributed by atoms with Crippen LogP contribution in [0.2, 0.25) is 0 Å². The zero-order chi connectivity index (χ0) is 13.1. The monoisotopic (exact) mass is 240 g/mol. The maximum absolute atomic E-state index is 10.7. The zero-order valence-corrected chi connectivity index (χ0v) is 12.0. The number of rotatable bonds is 3. The summed E-state index contributed by atoms with van der Waals surface area (Å²) >= 11 is 0. The third kappa shape index (κ3) is 4.38. The van der Waals surface area contributed by atoms with Crippen LogP contribution in [-0.2, 0) is 0 Å². The van der Waals surface area contributed by atoms with Crippen molar-refractivity contribution in [2.45, 2.75) is 83.9 Å². The van der Waals surface area contributed by atoms with Gasteiger partial charge in [-0.3, -0.25) is 0 Å². The Labute approximate surface area is 106 Å². The zero-order valence-electron chi connectivity index (χ0n) is 12.0. The van der Waals surface area contributed by atoms with Crippen LogP contribution in [0, 0.1) is 5.92 Å². The lowest BCUT2D eigenvalue weighted by Crippen LogP contribution is -2.45. The molecule has 1 aliphatic carbocycles. The summed E-state index contributed by atoms with van der Waals surface area (Å²) in [5.41, 5.74) is -0.778. The smallest absolute Gasteiger partial charge is 0.102 e. The number of nitrogens with zero attached hydrogens (tertiary/aromatic N) is 2. The van der Waals surface area contributed by atoms with Crippen LogP contribution in [0.3, 0.4) is 0 Å². The molecule has 0 aromatic heterocycles. The van der Waals surface area contributed by atoms with Gasteiger partial charge in [-0.25, -0.2) is 0 Å². The highest BCUT2D eigenvalue weighted by Crippen LogP contribution is 2.36. The standard InChI is InChI=1S/C14H28N2O/c1-11(2)12(15-16-13(3,4)5)14(17)9-7-6-8-10-14/h11-12,17H,6-10H2,1-5H3. The topological polar surface area (TPSA) is 45.0 Å². The first-order valence-electron chi connectivity index (χ1n) is 6.89. The molecule has 1 N–H and O–H groups in total. The van der Waals surface area contributed by atoms with Crippen molar-refractivity contribution in [3.63, 3.8) is 0 Å². The highest BCUT2D eigenvalue weighted by Gasteiger charge is 2.40. The molecule has 0 aromatic rings. The van der Waals surface area contributed by atoms with E-state index >= 15 is 0 Å². The van der Waals surface area contributed by atoms with Gasteiger partial charge in [0.15, 0.2) is 0 Å². The second-order valence-electron chi connectivity index (χ2n) is 6.74. The van der Waals surface area contributed by atoms with Gasteiger partial charge >= 0.3 is 0 Å². The molecule has 1 aliphatic rings. The summed E-state index contributed by atoms with van der Waals surface area (Å²) in [5.74, 6) is 0.337. The molecule has 3 nitrogen and oxygen atoms in total. The normalized spacial score (nSPS) is 23.2. The lowest BCUT2D eigenvalue weighted by Gasteiger charge is -2.38. The first-order chi connectivity index (χ1) is 7.75. The van der Waals surface area contributed by atoms with E-state index < -0.39 is 5.60 Å². The Bertz CT molecular complexity index is 260. The van der Waals surface area contributed by atoms with Crippen LogP contribution in [0.15, 0.2) is 10.2 Å². The second-order valence-corrected chi connectivity index (χ2v) is 6.74. The maximum Gasteiger partial charge on any atom is 0.102 e. The van der Waals surface area contributed by atoms with Gasteiger partial charge in [-0.2, -0.15) is 10.2 Å². The van der Waals surface area contributed by atoms with Gasteiger partial charge in [0, 0.05) is 0 Å². The SMILES string of the molecule is CC(C)C(N=NC(C)(C)C)C1(O)CCCCC1. The van der Waals surface area contributed by atoms with E-state index in [9.17, 15) is 5.11 Å². The molecule has 0 heterocycles. The van der Waals surface area contributed by atoms with Crippen molar-refractivity contribution in [2.24, 2.45) is 16.1 Å². The van der Waals surface area contributed by atoms with Gasteiger partial charge in [0.05, 0.1) is 11.1 Å². The van der Waals surface area contributed by atoms with Crippen molar-refractivity contribution in [2.75, 3.05) is 0 Å². The van der Waals surface area contributed by atoms with E-state index in [1.54, 1.807) is 0 Å². The summed E-state index contributed by atoms with van der Waals surface area (Å²) in [6, 6.07) is -0.0537. The third-order valence-corrected chi connectivity index (χ3v) is 3.38. The van der Waals surface area contributed by atoms with Crippen molar-refractivity contribution in [1.29, 1.82) is 0 Å². The highest BCUT2D eigenvalue weighted by molar-refractivity contribution is 4.95. The Hall–Kier alpha value is -0.440. The van der Waals surface area contributed by atoms with Crippen LogP contribution in [0.4, 0.5) is 0 Å². The van der Waals surface area contributed by atoms with E-state index in [0.29, 0.717) is 5.92 Å². The van der Waals surface area contributed by atoms with Crippen LogP contribution >= 0.6 is 0 Å². The number of aliphatic hydroxyl groups is 1. The molecule has 100 valence electrons. The molecule has 17 heavy (non-hydrogen) atoms. The van der Waals surface area contributed by atoms with Gasteiger partial charge in [-0.05, 0) is 39.5 Å². The van der Waals surface area contributed by atoms with Crippen molar-refractivity contribution in [3.05, 3.63) is 0 Å². The lowest BCUT2D eigenvalue weighted by atomic mass is 9.76. The molecule has 1 fully saturated rings. The van der Waals surface area contributed by atoms with Crippen molar-refractivity contribution >= 4 is 0 Å². The molecule has 0 amide bonds. The summed E-state index contributed by atoms with van der Waals surface area (Å²) in [5, 5.41) is 19.6. The van der Waals surface area contributed by atoms with Crippen LogP contribution in [0.25, 0.3) is 0 Å². The van der Waals surface area contributed by atoms with E-state index in [2.05, 4.69) is 24.1 Å². The first-order valence-corrected chi connectivity index (χ1v) is 6.89. The second kappa shape index (κ2) is 5.47.